The average molecular weight is 344 g/mol. The van der Waals surface area contributed by atoms with Crippen molar-refractivity contribution in [3.63, 3.8) is 0 Å². The molecule has 5 nitrogen and oxygen atoms in total. The van der Waals surface area contributed by atoms with Crippen LogP contribution in [0.15, 0.2) is 22.7 Å². The Morgan fingerprint density at radius 3 is 2.89 bits per heavy atom. The molecule has 0 atom stereocenters. The molecular formula is C12H12BrClN4O. The highest BCUT2D eigenvalue weighted by atomic mass is 79.9. The van der Waals surface area contributed by atoms with Gasteiger partial charge >= 0.3 is 0 Å². The molecule has 0 saturated carbocycles. The Hall–Kier alpha value is -1.40. The number of carbonyl (C=O) groups is 1. The summed E-state index contributed by atoms with van der Waals surface area (Å²) in [4.78, 5) is 18.0. The first-order valence-corrected chi connectivity index (χ1v) is 6.73. The number of aromatic amines is 1. The molecule has 0 aliphatic heterocycles. The minimum atomic E-state index is -0.172. The molecule has 0 aliphatic carbocycles. The van der Waals surface area contributed by atoms with Crippen molar-refractivity contribution in [3.05, 3.63) is 44.9 Å². The number of amides is 1. The van der Waals surface area contributed by atoms with Crippen LogP contribution >= 0.6 is 27.5 Å². The highest BCUT2D eigenvalue weighted by molar-refractivity contribution is 9.10. The molecule has 7 heteroatoms. The standard InChI is InChI=1S/C12H12BrClN4O/c1-7-15-10(17-16-7)6-18(2)12(19)8-4-3-5-9(13)11(8)14/h3-5H,6H2,1-2H3,(H,15,16,17). The quantitative estimate of drug-likeness (QED) is 0.932. The first-order valence-electron chi connectivity index (χ1n) is 5.56. The van der Waals surface area contributed by atoms with Crippen LogP contribution in [0.5, 0.6) is 0 Å². The van der Waals surface area contributed by atoms with Crippen LogP contribution in [0, 0.1) is 6.92 Å². The summed E-state index contributed by atoms with van der Waals surface area (Å²) in [5.41, 5.74) is 0.450. The van der Waals surface area contributed by atoms with Gasteiger partial charge in [0.1, 0.15) is 5.82 Å². The van der Waals surface area contributed by atoms with Gasteiger partial charge < -0.3 is 4.90 Å². The summed E-state index contributed by atoms with van der Waals surface area (Å²) in [5, 5.41) is 7.15. The molecule has 0 unspecified atom stereocenters. The zero-order valence-corrected chi connectivity index (χ0v) is 12.8. The van der Waals surface area contributed by atoms with Gasteiger partial charge in [-0.2, -0.15) is 5.10 Å². The van der Waals surface area contributed by atoms with Crippen molar-refractivity contribution in [2.24, 2.45) is 0 Å². The molecule has 2 rings (SSSR count). The van der Waals surface area contributed by atoms with Gasteiger partial charge in [-0.3, -0.25) is 9.89 Å². The smallest absolute Gasteiger partial charge is 0.255 e. The average Bonchev–Trinajstić information content (AvgIpc) is 2.77. The number of benzene rings is 1. The zero-order valence-electron chi connectivity index (χ0n) is 10.4. The van der Waals surface area contributed by atoms with E-state index in [0.29, 0.717) is 27.4 Å². The second-order valence-electron chi connectivity index (χ2n) is 4.10. The normalized spacial score (nSPS) is 10.5. The second kappa shape index (κ2) is 5.71. The number of halogens is 2. The maximum Gasteiger partial charge on any atom is 0.255 e. The molecule has 0 saturated heterocycles. The number of carbonyl (C=O) groups excluding carboxylic acids is 1. The van der Waals surface area contributed by atoms with E-state index in [-0.39, 0.29) is 5.91 Å². The number of nitrogens with one attached hydrogen (secondary N) is 1. The van der Waals surface area contributed by atoms with Crippen LogP contribution < -0.4 is 0 Å². The molecule has 0 fully saturated rings. The first kappa shape index (κ1) is 14.0. The van der Waals surface area contributed by atoms with Gasteiger partial charge in [0, 0.05) is 11.5 Å². The molecule has 19 heavy (non-hydrogen) atoms. The third-order valence-electron chi connectivity index (χ3n) is 2.55. The van der Waals surface area contributed by atoms with Crippen molar-refractivity contribution >= 4 is 33.4 Å². The second-order valence-corrected chi connectivity index (χ2v) is 5.33. The number of nitrogens with zero attached hydrogens (tertiary/aromatic N) is 3. The third-order valence-corrected chi connectivity index (χ3v) is 3.85. The van der Waals surface area contributed by atoms with Crippen LogP contribution in [0.3, 0.4) is 0 Å². The maximum absolute atomic E-state index is 12.3. The molecule has 1 aromatic heterocycles. The van der Waals surface area contributed by atoms with E-state index >= 15 is 0 Å². The van der Waals surface area contributed by atoms with Crippen molar-refractivity contribution in [3.8, 4) is 0 Å². The van der Waals surface area contributed by atoms with Gasteiger partial charge in [0.05, 0.1) is 17.1 Å². The molecule has 1 amide bonds. The lowest BCUT2D eigenvalue weighted by molar-refractivity contribution is 0.0782. The van der Waals surface area contributed by atoms with Crippen LogP contribution in [0.2, 0.25) is 5.02 Å². The zero-order chi connectivity index (χ0) is 14.0. The Balaban J connectivity index is 2.17. The molecule has 2 aromatic rings. The maximum atomic E-state index is 12.3. The van der Waals surface area contributed by atoms with Crippen LogP contribution in [0.1, 0.15) is 22.0 Å². The third kappa shape index (κ3) is 3.13. The number of hydrogen-bond acceptors (Lipinski definition) is 3. The van der Waals surface area contributed by atoms with E-state index in [2.05, 4.69) is 31.1 Å². The first-order chi connectivity index (χ1) is 8.99. The van der Waals surface area contributed by atoms with Gasteiger partial charge in [-0.15, -0.1) is 0 Å². The van der Waals surface area contributed by atoms with E-state index in [0.717, 1.165) is 5.82 Å². The Labute approximate surface area is 124 Å². The monoisotopic (exact) mass is 342 g/mol. The van der Waals surface area contributed by atoms with Crippen LogP contribution in [-0.2, 0) is 6.54 Å². The summed E-state index contributed by atoms with van der Waals surface area (Å²) in [6, 6.07) is 5.25. The topological polar surface area (TPSA) is 61.9 Å². The largest absolute Gasteiger partial charge is 0.334 e. The molecule has 1 aromatic carbocycles. The van der Waals surface area contributed by atoms with Gasteiger partial charge in [0.2, 0.25) is 0 Å². The fraction of sp³-hybridized carbons (Fsp3) is 0.250. The number of aryl methyl sites for hydroxylation is 1. The molecule has 0 aliphatic rings. The summed E-state index contributed by atoms with van der Waals surface area (Å²) in [5.74, 6) is 1.12. The van der Waals surface area contributed by atoms with Gasteiger partial charge in [-0.1, -0.05) is 17.7 Å². The summed E-state index contributed by atoms with van der Waals surface area (Å²) < 4.78 is 0.696. The molecule has 1 heterocycles. The van der Waals surface area contributed by atoms with E-state index in [4.69, 9.17) is 11.6 Å². The minimum Gasteiger partial charge on any atom is -0.334 e. The van der Waals surface area contributed by atoms with Gasteiger partial charge in [-0.25, -0.2) is 4.98 Å². The highest BCUT2D eigenvalue weighted by Gasteiger charge is 2.17. The van der Waals surface area contributed by atoms with Crippen molar-refractivity contribution in [2.45, 2.75) is 13.5 Å². The predicted octanol–water partition coefficient (Wildman–Crippen LogP) is 2.80. The van der Waals surface area contributed by atoms with Crippen LogP contribution in [-0.4, -0.2) is 33.0 Å². The number of rotatable bonds is 3. The van der Waals surface area contributed by atoms with E-state index in [1.54, 1.807) is 25.2 Å². The van der Waals surface area contributed by atoms with E-state index in [9.17, 15) is 4.79 Å². The van der Waals surface area contributed by atoms with E-state index in [1.165, 1.54) is 4.90 Å². The number of H-pyrrole nitrogens is 1. The molecule has 0 radical (unpaired) electrons. The van der Waals surface area contributed by atoms with Gasteiger partial charge in [0.25, 0.3) is 5.91 Å². The summed E-state index contributed by atoms with van der Waals surface area (Å²) in [7, 11) is 1.69. The summed E-state index contributed by atoms with van der Waals surface area (Å²) in [6.45, 7) is 2.13. The van der Waals surface area contributed by atoms with Crippen molar-refractivity contribution in [1.29, 1.82) is 0 Å². The van der Waals surface area contributed by atoms with Crippen molar-refractivity contribution < 1.29 is 4.79 Å². The molecule has 0 spiro atoms. The molecule has 1 N–H and O–H groups in total. The lowest BCUT2D eigenvalue weighted by Crippen LogP contribution is -2.27. The highest BCUT2D eigenvalue weighted by Crippen LogP contribution is 2.26. The Morgan fingerprint density at radius 2 is 2.26 bits per heavy atom. The van der Waals surface area contributed by atoms with Crippen LogP contribution in [0.4, 0.5) is 0 Å². The van der Waals surface area contributed by atoms with Crippen molar-refractivity contribution in [2.75, 3.05) is 7.05 Å². The lowest BCUT2D eigenvalue weighted by Gasteiger charge is -2.16. The SMILES string of the molecule is Cc1nc(CN(C)C(=O)c2cccc(Br)c2Cl)n[nH]1. The Kier molecular flexibility index (Phi) is 4.21. The lowest BCUT2D eigenvalue weighted by atomic mass is 10.2. The molecule has 100 valence electrons. The molecular weight excluding hydrogens is 332 g/mol. The summed E-state index contributed by atoms with van der Waals surface area (Å²) >= 11 is 9.41. The number of aromatic nitrogens is 3. The van der Waals surface area contributed by atoms with E-state index in [1.807, 2.05) is 6.92 Å². The van der Waals surface area contributed by atoms with E-state index < -0.39 is 0 Å². The van der Waals surface area contributed by atoms with Gasteiger partial charge in [0.15, 0.2) is 5.82 Å². The predicted molar refractivity (Wildman–Crippen MR) is 76.1 cm³/mol. The fourth-order valence-corrected chi connectivity index (χ4v) is 2.19. The van der Waals surface area contributed by atoms with Crippen molar-refractivity contribution in [1.82, 2.24) is 20.1 Å². The van der Waals surface area contributed by atoms with Crippen LogP contribution in [0.25, 0.3) is 0 Å². The summed E-state index contributed by atoms with van der Waals surface area (Å²) in [6.07, 6.45) is 0. The Morgan fingerprint density at radius 1 is 1.53 bits per heavy atom. The minimum absolute atomic E-state index is 0.172. The number of hydrogen-bond donors (Lipinski definition) is 1. The fourth-order valence-electron chi connectivity index (χ4n) is 1.62. The van der Waals surface area contributed by atoms with Gasteiger partial charge in [-0.05, 0) is 35.0 Å². The molecule has 0 bridgehead atoms. The Bertz CT molecular complexity index is 614.